The third kappa shape index (κ3) is 2.70. The largest absolute Gasteiger partial charge is 0.306 e. The molecule has 1 aliphatic carbocycles. The third-order valence-electron chi connectivity index (χ3n) is 2.94. The summed E-state index contributed by atoms with van der Waals surface area (Å²) in [6, 6.07) is 5.56. The summed E-state index contributed by atoms with van der Waals surface area (Å²) in [5, 5.41) is 5.93. The molecule has 1 aromatic rings. The van der Waals surface area contributed by atoms with Gasteiger partial charge in [-0.25, -0.2) is 0 Å². The molecule has 0 bridgehead atoms. The Morgan fingerprint density at radius 3 is 2.60 bits per heavy atom. The van der Waals surface area contributed by atoms with Crippen LogP contribution in [0.5, 0.6) is 0 Å². The Morgan fingerprint density at radius 2 is 2.07 bits per heavy atom. The maximum absolute atomic E-state index is 3.77. The summed E-state index contributed by atoms with van der Waals surface area (Å²) in [5.41, 5.74) is 0. The molecule has 1 aliphatic rings. The summed E-state index contributed by atoms with van der Waals surface area (Å²) in [7, 11) is 0. The Kier molecular flexibility index (Phi) is 3.60. The molecule has 2 heteroatoms. The smallest absolute Gasteiger partial charge is 0.0440 e. The van der Waals surface area contributed by atoms with Gasteiger partial charge in [-0.05, 0) is 30.2 Å². The highest BCUT2D eigenvalue weighted by Crippen LogP contribution is 2.27. The van der Waals surface area contributed by atoms with E-state index in [1.165, 1.54) is 17.7 Å². The minimum Gasteiger partial charge on any atom is -0.306 e. The molecule has 0 amide bonds. The molecule has 0 radical (unpaired) electrons. The first kappa shape index (κ1) is 10.9. The number of nitrogens with one attached hydrogen (secondary N) is 1. The first-order chi connectivity index (χ1) is 7.27. The van der Waals surface area contributed by atoms with Crippen molar-refractivity contribution < 1.29 is 0 Å². The van der Waals surface area contributed by atoms with E-state index in [4.69, 9.17) is 0 Å². The summed E-state index contributed by atoms with van der Waals surface area (Å²) in [6.45, 7) is 4.58. The summed E-state index contributed by atoms with van der Waals surface area (Å²) in [6.07, 6.45) is 6.94. The van der Waals surface area contributed by atoms with Crippen LogP contribution in [0.25, 0.3) is 0 Å². The van der Waals surface area contributed by atoms with Gasteiger partial charge in [-0.3, -0.25) is 0 Å². The third-order valence-corrected chi connectivity index (χ3v) is 3.89. The zero-order valence-electron chi connectivity index (χ0n) is 9.44. The van der Waals surface area contributed by atoms with E-state index < -0.39 is 0 Å². The van der Waals surface area contributed by atoms with Gasteiger partial charge in [0.25, 0.3) is 0 Å². The fourth-order valence-corrected chi connectivity index (χ4v) is 3.04. The SMILES string of the molecule is CC(C)C(NC1CC=CC1)c1cccs1. The summed E-state index contributed by atoms with van der Waals surface area (Å²) in [4.78, 5) is 1.47. The summed E-state index contributed by atoms with van der Waals surface area (Å²) < 4.78 is 0. The Labute approximate surface area is 96.2 Å². The lowest BCUT2D eigenvalue weighted by atomic mass is 10.0. The van der Waals surface area contributed by atoms with Gasteiger partial charge >= 0.3 is 0 Å². The highest BCUT2D eigenvalue weighted by atomic mass is 32.1. The van der Waals surface area contributed by atoms with E-state index in [0.717, 1.165) is 0 Å². The molecule has 1 nitrogen and oxygen atoms in total. The fourth-order valence-electron chi connectivity index (χ4n) is 2.08. The number of hydrogen-bond donors (Lipinski definition) is 1. The zero-order valence-corrected chi connectivity index (χ0v) is 10.3. The van der Waals surface area contributed by atoms with Crippen molar-refractivity contribution in [1.82, 2.24) is 5.32 Å². The van der Waals surface area contributed by atoms with Crippen LogP contribution in [0.2, 0.25) is 0 Å². The van der Waals surface area contributed by atoms with Crippen molar-refractivity contribution in [1.29, 1.82) is 0 Å². The van der Waals surface area contributed by atoms with Crippen LogP contribution < -0.4 is 5.32 Å². The number of thiophene rings is 1. The van der Waals surface area contributed by atoms with Gasteiger partial charge in [-0.2, -0.15) is 0 Å². The van der Waals surface area contributed by atoms with E-state index in [9.17, 15) is 0 Å². The molecule has 0 spiro atoms. The molecule has 1 atom stereocenters. The number of hydrogen-bond acceptors (Lipinski definition) is 2. The quantitative estimate of drug-likeness (QED) is 0.763. The molecular weight excluding hydrogens is 202 g/mol. The van der Waals surface area contributed by atoms with Gasteiger partial charge in [0.05, 0.1) is 0 Å². The van der Waals surface area contributed by atoms with Gasteiger partial charge in [-0.1, -0.05) is 32.1 Å². The molecule has 1 N–H and O–H groups in total. The highest BCUT2D eigenvalue weighted by Gasteiger charge is 2.20. The second kappa shape index (κ2) is 4.95. The molecule has 0 aromatic carbocycles. The van der Waals surface area contributed by atoms with Crippen LogP contribution in [0, 0.1) is 5.92 Å². The highest BCUT2D eigenvalue weighted by molar-refractivity contribution is 7.10. The Hall–Kier alpha value is -0.600. The van der Waals surface area contributed by atoms with E-state index in [-0.39, 0.29) is 0 Å². The van der Waals surface area contributed by atoms with Gasteiger partial charge in [0.15, 0.2) is 0 Å². The van der Waals surface area contributed by atoms with Crippen molar-refractivity contribution in [2.75, 3.05) is 0 Å². The normalized spacial score (nSPS) is 18.9. The molecule has 0 fully saturated rings. The van der Waals surface area contributed by atoms with E-state index in [1.54, 1.807) is 0 Å². The van der Waals surface area contributed by atoms with Crippen molar-refractivity contribution in [3.8, 4) is 0 Å². The Bertz CT molecular complexity index is 305. The van der Waals surface area contributed by atoms with E-state index in [1.807, 2.05) is 11.3 Å². The Balaban J connectivity index is 2.00. The molecule has 0 saturated carbocycles. The molecule has 82 valence electrons. The van der Waals surface area contributed by atoms with Crippen molar-refractivity contribution in [2.24, 2.45) is 5.92 Å². The Morgan fingerprint density at radius 1 is 1.33 bits per heavy atom. The molecule has 1 heterocycles. The van der Waals surface area contributed by atoms with Gasteiger partial charge in [0.1, 0.15) is 0 Å². The first-order valence-corrected chi connectivity index (χ1v) is 6.60. The summed E-state index contributed by atoms with van der Waals surface area (Å²) in [5.74, 6) is 0.657. The van der Waals surface area contributed by atoms with Crippen LogP contribution in [-0.4, -0.2) is 6.04 Å². The first-order valence-electron chi connectivity index (χ1n) is 5.72. The topological polar surface area (TPSA) is 12.0 Å². The zero-order chi connectivity index (χ0) is 10.7. The molecule has 0 saturated heterocycles. The van der Waals surface area contributed by atoms with Gasteiger partial charge in [0, 0.05) is 17.0 Å². The molecular formula is C13H19NS. The van der Waals surface area contributed by atoms with E-state index in [0.29, 0.717) is 18.0 Å². The molecule has 1 unspecified atom stereocenters. The van der Waals surface area contributed by atoms with Gasteiger partial charge in [-0.15, -0.1) is 11.3 Å². The maximum atomic E-state index is 3.77. The second-order valence-corrected chi connectivity index (χ2v) is 5.52. The molecule has 2 rings (SSSR count). The predicted octanol–water partition coefficient (Wildman–Crippen LogP) is 3.75. The minimum absolute atomic E-state index is 0.523. The average Bonchev–Trinajstić information content (AvgIpc) is 2.87. The van der Waals surface area contributed by atoms with Crippen LogP contribution in [0.1, 0.15) is 37.6 Å². The molecule has 0 aliphatic heterocycles. The van der Waals surface area contributed by atoms with Crippen molar-refractivity contribution >= 4 is 11.3 Å². The van der Waals surface area contributed by atoms with Crippen LogP contribution in [0.15, 0.2) is 29.7 Å². The van der Waals surface area contributed by atoms with E-state index >= 15 is 0 Å². The van der Waals surface area contributed by atoms with Gasteiger partial charge < -0.3 is 5.32 Å². The number of rotatable bonds is 4. The lowest BCUT2D eigenvalue weighted by molar-refractivity contribution is 0.370. The van der Waals surface area contributed by atoms with Crippen LogP contribution >= 0.6 is 11.3 Å². The van der Waals surface area contributed by atoms with Crippen molar-refractivity contribution in [2.45, 2.75) is 38.8 Å². The molecule has 15 heavy (non-hydrogen) atoms. The minimum atomic E-state index is 0.523. The second-order valence-electron chi connectivity index (χ2n) is 4.54. The lowest BCUT2D eigenvalue weighted by Crippen LogP contribution is -2.33. The van der Waals surface area contributed by atoms with E-state index in [2.05, 4.69) is 48.8 Å². The van der Waals surface area contributed by atoms with Gasteiger partial charge in [0.2, 0.25) is 0 Å². The van der Waals surface area contributed by atoms with Crippen LogP contribution in [-0.2, 0) is 0 Å². The van der Waals surface area contributed by atoms with Crippen molar-refractivity contribution in [3.05, 3.63) is 34.5 Å². The molecule has 1 aromatic heterocycles. The fraction of sp³-hybridized carbons (Fsp3) is 0.538. The monoisotopic (exact) mass is 221 g/mol. The predicted molar refractivity (Wildman–Crippen MR) is 67.2 cm³/mol. The average molecular weight is 221 g/mol. The summed E-state index contributed by atoms with van der Waals surface area (Å²) >= 11 is 1.86. The van der Waals surface area contributed by atoms with Crippen LogP contribution in [0.4, 0.5) is 0 Å². The standard InChI is InChI=1S/C13H19NS/c1-10(2)13(12-8-5-9-15-12)14-11-6-3-4-7-11/h3-5,8-11,13-14H,6-7H2,1-2H3. The van der Waals surface area contributed by atoms with Crippen LogP contribution in [0.3, 0.4) is 0 Å². The van der Waals surface area contributed by atoms with Crippen molar-refractivity contribution in [3.63, 3.8) is 0 Å². The maximum Gasteiger partial charge on any atom is 0.0440 e. The lowest BCUT2D eigenvalue weighted by Gasteiger charge is -2.25.